The molecule has 0 aliphatic heterocycles. The maximum absolute atomic E-state index is 4.04. The first-order chi connectivity index (χ1) is 6.29. The topological polar surface area (TPSA) is 24.9 Å². The highest BCUT2D eigenvalue weighted by Gasteiger charge is 1.91. The first kappa shape index (κ1) is 10.4. The van der Waals surface area contributed by atoms with E-state index >= 15 is 0 Å². The molecule has 0 saturated heterocycles. The Kier molecular flexibility index (Phi) is 4.72. The van der Waals surface area contributed by atoms with E-state index in [2.05, 4.69) is 38.9 Å². The molecule has 0 aromatic carbocycles. The van der Waals surface area contributed by atoms with Crippen molar-refractivity contribution >= 4 is 15.9 Å². The van der Waals surface area contributed by atoms with Crippen LogP contribution in [0.4, 0.5) is 0 Å². The number of pyridine rings is 1. The minimum absolute atomic E-state index is 0.820. The van der Waals surface area contributed by atoms with Crippen LogP contribution in [0.15, 0.2) is 35.6 Å². The van der Waals surface area contributed by atoms with Crippen LogP contribution in [0.3, 0.4) is 0 Å². The van der Waals surface area contributed by atoms with Crippen molar-refractivity contribution in [2.75, 3.05) is 13.1 Å². The quantitative estimate of drug-likeness (QED) is 0.799. The number of hydrogen-bond donors (Lipinski definition) is 1. The molecule has 13 heavy (non-hydrogen) atoms. The number of aromatic nitrogens is 1. The van der Waals surface area contributed by atoms with E-state index in [-0.39, 0.29) is 0 Å². The Balaban J connectivity index is 2.17. The number of halogens is 1. The molecule has 1 aromatic heterocycles. The van der Waals surface area contributed by atoms with Gasteiger partial charge < -0.3 is 5.32 Å². The first-order valence-electron chi connectivity index (χ1n) is 4.22. The molecule has 70 valence electrons. The largest absolute Gasteiger partial charge is 0.312 e. The summed E-state index contributed by atoms with van der Waals surface area (Å²) in [6.45, 7) is 5.52. The third kappa shape index (κ3) is 4.80. The van der Waals surface area contributed by atoms with Crippen molar-refractivity contribution in [1.29, 1.82) is 0 Å². The van der Waals surface area contributed by atoms with Gasteiger partial charge in [0, 0.05) is 23.4 Å². The Hall–Kier alpha value is -0.670. The molecule has 0 spiro atoms. The van der Waals surface area contributed by atoms with E-state index in [0.717, 1.165) is 24.0 Å². The molecule has 0 bridgehead atoms. The number of rotatable bonds is 5. The van der Waals surface area contributed by atoms with E-state index in [4.69, 9.17) is 0 Å². The third-order valence-electron chi connectivity index (χ3n) is 1.63. The zero-order valence-corrected chi connectivity index (χ0v) is 9.05. The smallest absolute Gasteiger partial charge is 0.0300 e. The summed E-state index contributed by atoms with van der Waals surface area (Å²) >= 11 is 3.29. The predicted octanol–water partition coefficient (Wildman–Crippen LogP) is 2.12. The fourth-order valence-electron chi connectivity index (χ4n) is 1.00. The average molecular weight is 241 g/mol. The molecule has 0 fully saturated rings. The lowest BCUT2D eigenvalue weighted by Crippen LogP contribution is -2.18. The molecule has 1 N–H and O–H groups in total. The molecule has 3 heteroatoms. The van der Waals surface area contributed by atoms with Crippen LogP contribution >= 0.6 is 15.9 Å². The van der Waals surface area contributed by atoms with Crippen molar-refractivity contribution in [2.24, 2.45) is 0 Å². The molecule has 0 atom stereocenters. The van der Waals surface area contributed by atoms with Crippen molar-refractivity contribution < 1.29 is 0 Å². The Morgan fingerprint density at radius 3 is 3.08 bits per heavy atom. The molecule has 2 nitrogen and oxygen atoms in total. The summed E-state index contributed by atoms with van der Waals surface area (Å²) in [4.78, 5) is 4.04. The van der Waals surface area contributed by atoms with Crippen LogP contribution in [0.25, 0.3) is 0 Å². The summed E-state index contributed by atoms with van der Waals surface area (Å²) in [5, 5.41) is 3.26. The van der Waals surface area contributed by atoms with Crippen LogP contribution in [-0.4, -0.2) is 18.1 Å². The molecule has 0 aliphatic rings. The Labute approximate surface area is 87.2 Å². The van der Waals surface area contributed by atoms with Crippen molar-refractivity contribution in [3.8, 4) is 0 Å². The molecule has 0 radical (unpaired) electrons. The number of nitrogens with one attached hydrogen (secondary N) is 1. The van der Waals surface area contributed by atoms with Gasteiger partial charge in [0.2, 0.25) is 0 Å². The second-order valence-electron chi connectivity index (χ2n) is 2.81. The minimum Gasteiger partial charge on any atom is -0.312 e. The van der Waals surface area contributed by atoms with Gasteiger partial charge in [0.25, 0.3) is 0 Å². The lowest BCUT2D eigenvalue weighted by atomic mass is 10.2. The van der Waals surface area contributed by atoms with Gasteiger partial charge in [-0.1, -0.05) is 28.6 Å². The zero-order chi connectivity index (χ0) is 9.52. The normalized spacial score (nSPS) is 9.92. The second kappa shape index (κ2) is 5.89. The minimum atomic E-state index is 0.820. The molecular formula is C10H13BrN2. The van der Waals surface area contributed by atoms with Gasteiger partial charge in [-0.15, -0.1) is 0 Å². The van der Waals surface area contributed by atoms with Crippen LogP contribution in [0.5, 0.6) is 0 Å². The highest BCUT2D eigenvalue weighted by molar-refractivity contribution is 9.11. The summed E-state index contributed by atoms with van der Waals surface area (Å²) in [6, 6.07) is 4.04. The summed E-state index contributed by atoms with van der Waals surface area (Å²) in [7, 11) is 0. The molecule has 1 rings (SSSR count). The van der Waals surface area contributed by atoms with Crippen LogP contribution < -0.4 is 5.32 Å². The molecule has 0 unspecified atom stereocenters. The molecule has 0 amide bonds. The fourth-order valence-corrected chi connectivity index (χ4v) is 1.20. The first-order valence-corrected chi connectivity index (χ1v) is 5.01. The number of nitrogens with zero attached hydrogens (tertiary/aromatic N) is 1. The van der Waals surface area contributed by atoms with Gasteiger partial charge in [-0.25, -0.2) is 0 Å². The summed E-state index contributed by atoms with van der Waals surface area (Å²) < 4.78 is 0.985. The summed E-state index contributed by atoms with van der Waals surface area (Å²) in [5.41, 5.74) is 1.26. The van der Waals surface area contributed by atoms with Gasteiger partial charge in [0.05, 0.1) is 0 Å². The SMILES string of the molecule is C=C(Br)CNCCc1cccnc1. The highest BCUT2D eigenvalue weighted by Crippen LogP contribution is 1.98. The van der Waals surface area contributed by atoms with Gasteiger partial charge in [-0.2, -0.15) is 0 Å². The summed E-state index contributed by atoms with van der Waals surface area (Å²) in [5.74, 6) is 0. The van der Waals surface area contributed by atoms with Gasteiger partial charge in [0.1, 0.15) is 0 Å². The maximum atomic E-state index is 4.04. The molecular weight excluding hydrogens is 228 g/mol. The van der Waals surface area contributed by atoms with Crippen molar-refractivity contribution in [3.05, 3.63) is 41.2 Å². The van der Waals surface area contributed by atoms with Crippen LogP contribution in [-0.2, 0) is 6.42 Å². The Morgan fingerprint density at radius 1 is 1.62 bits per heavy atom. The van der Waals surface area contributed by atoms with Crippen molar-refractivity contribution in [2.45, 2.75) is 6.42 Å². The van der Waals surface area contributed by atoms with Crippen molar-refractivity contribution in [1.82, 2.24) is 10.3 Å². The van der Waals surface area contributed by atoms with E-state index < -0.39 is 0 Å². The van der Waals surface area contributed by atoms with Crippen molar-refractivity contribution in [3.63, 3.8) is 0 Å². The standard InChI is InChI=1S/C10H13BrN2/c1-9(11)7-13-6-4-10-3-2-5-12-8-10/h2-3,5,8,13H,1,4,6-7H2. The van der Waals surface area contributed by atoms with E-state index in [1.165, 1.54) is 5.56 Å². The number of hydrogen-bond acceptors (Lipinski definition) is 2. The fraction of sp³-hybridized carbons (Fsp3) is 0.300. The Bertz CT molecular complexity index is 259. The van der Waals surface area contributed by atoms with Gasteiger partial charge in [-0.05, 0) is 24.6 Å². The lowest BCUT2D eigenvalue weighted by Gasteiger charge is -2.02. The van der Waals surface area contributed by atoms with Gasteiger partial charge >= 0.3 is 0 Å². The molecule has 1 aromatic rings. The summed E-state index contributed by atoms with van der Waals surface area (Å²) in [6.07, 6.45) is 4.69. The second-order valence-corrected chi connectivity index (χ2v) is 3.93. The lowest BCUT2D eigenvalue weighted by molar-refractivity contribution is 0.741. The molecule has 1 heterocycles. The van der Waals surface area contributed by atoms with Crippen LogP contribution in [0, 0.1) is 0 Å². The van der Waals surface area contributed by atoms with Gasteiger partial charge in [0.15, 0.2) is 0 Å². The van der Waals surface area contributed by atoms with E-state index in [1.54, 1.807) is 6.20 Å². The van der Waals surface area contributed by atoms with Crippen LogP contribution in [0.1, 0.15) is 5.56 Å². The molecule has 0 aliphatic carbocycles. The third-order valence-corrected chi connectivity index (χ3v) is 1.91. The Morgan fingerprint density at radius 2 is 2.46 bits per heavy atom. The van der Waals surface area contributed by atoms with Crippen LogP contribution in [0.2, 0.25) is 0 Å². The van der Waals surface area contributed by atoms with Gasteiger partial charge in [-0.3, -0.25) is 4.98 Å². The maximum Gasteiger partial charge on any atom is 0.0300 e. The van der Waals surface area contributed by atoms with E-state index in [0.29, 0.717) is 0 Å². The monoisotopic (exact) mass is 240 g/mol. The average Bonchev–Trinajstić information content (AvgIpc) is 2.14. The molecule has 0 saturated carbocycles. The zero-order valence-electron chi connectivity index (χ0n) is 7.46. The van der Waals surface area contributed by atoms with E-state index in [1.807, 2.05) is 12.3 Å². The highest BCUT2D eigenvalue weighted by atomic mass is 79.9. The van der Waals surface area contributed by atoms with E-state index in [9.17, 15) is 0 Å². The predicted molar refractivity (Wildman–Crippen MR) is 58.9 cm³/mol.